The van der Waals surface area contributed by atoms with E-state index < -0.39 is 0 Å². The van der Waals surface area contributed by atoms with Gasteiger partial charge in [0.25, 0.3) is 0 Å². The summed E-state index contributed by atoms with van der Waals surface area (Å²) >= 11 is 5.67. The van der Waals surface area contributed by atoms with Crippen LogP contribution in [0.25, 0.3) is 0 Å². The average Bonchev–Trinajstić information content (AvgIpc) is 3.20. The van der Waals surface area contributed by atoms with Crippen molar-refractivity contribution in [1.29, 1.82) is 0 Å². The average molecular weight is 349 g/mol. The van der Waals surface area contributed by atoms with Crippen molar-refractivity contribution in [2.24, 2.45) is 7.05 Å². The predicted octanol–water partition coefficient (Wildman–Crippen LogP) is 2.99. The summed E-state index contributed by atoms with van der Waals surface area (Å²) in [6.07, 6.45) is 7.52. The van der Waals surface area contributed by atoms with E-state index in [2.05, 4.69) is 50.1 Å². The van der Waals surface area contributed by atoms with Crippen LogP contribution < -0.4 is 5.32 Å². The van der Waals surface area contributed by atoms with Gasteiger partial charge in [-0.3, -0.25) is 9.97 Å². The Hall–Kier alpha value is -2.73. The fourth-order valence-electron chi connectivity index (χ4n) is 3.36. The first-order valence-corrected chi connectivity index (χ1v) is 8.63. The summed E-state index contributed by atoms with van der Waals surface area (Å²) in [5.41, 5.74) is 3.38. The zero-order chi connectivity index (χ0) is 17.2. The Balaban J connectivity index is 1.74. The quantitative estimate of drug-likeness (QED) is 0.734. The standard InChI is InChI=1S/C19H19N5S/c1-23-12-4-6-16(23)18-17(15-5-2-3-9-21-15)22-19(25)24(18)13-14-7-10-20-11-8-14/h2-12,17-18H,13H2,1H3,(H,22,25)/t17-,18-/m1/s1. The molecule has 1 aliphatic heterocycles. The van der Waals surface area contributed by atoms with Crippen LogP contribution in [0.1, 0.15) is 29.0 Å². The van der Waals surface area contributed by atoms with Gasteiger partial charge in [0.15, 0.2) is 5.11 Å². The molecule has 4 heterocycles. The van der Waals surface area contributed by atoms with Crippen LogP contribution in [0.2, 0.25) is 0 Å². The molecule has 0 bridgehead atoms. The molecule has 0 saturated carbocycles. The summed E-state index contributed by atoms with van der Waals surface area (Å²) in [7, 11) is 2.07. The molecule has 0 radical (unpaired) electrons. The summed E-state index contributed by atoms with van der Waals surface area (Å²) in [4.78, 5) is 10.9. The SMILES string of the molecule is Cn1cccc1[C@@H]1[C@@H](c2ccccn2)NC(=S)N1Cc1ccncc1. The molecule has 1 saturated heterocycles. The molecule has 2 atom stereocenters. The van der Waals surface area contributed by atoms with Crippen LogP contribution in [0, 0.1) is 0 Å². The Bertz CT molecular complexity index is 862. The monoisotopic (exact) mass is 349 g/mol. The zero-order valence-electron chi connectivity index (χ0n) is 13.9. The lowest BCUT2D eigenvalue weighted by atomic mass is 10.0. The number of aryl methyl sites for hydroxylation is 1. The van der Waals surface area contributed by atoms with E-state index in [1.807, 2.05) is 48.9 Å². The molecule has 6 heteroatoms. The molecule has 126 valence electrons. The second kappa shape index (κ2) is 6.64. The van der Waals surface area contributed by atoms with Gasteiger partial charge in [-0.25, -0.2) is 0 Å². The Labute approximate surface area is 152 Å². The second-order valence-corrected chi connectivity index (χ2v) is 6.54. The van der Waals surface area contributed by atoms with Crippen molar-refractivity contribution in [2.75, 3.05) is 0 Å². The fraction of sp³-hybridized carbons (Fsp3) is 0.211. The van der Waals surface area contributed by atoms with Crippen LogP contribution in [-0.4, -0.2) is 24.5 Å². The topological polar surface area (TPSA) is 46.0 Å². The first-order chi connectivity index (χ1) is 12.2. The van der Waals surface area contributed by atoms with Gasteiger partial charge in [-0.15, -0.1) is 0 Å². The van der Waals surface area contributed by atoms with Crippen molar-refractivity contribution >= 4 is 17.3 Å². The Kier molecular flexibility index (Phi) is 4.19. The van der Waals surface area contributed by atoms with E-state index in [4.69, 9.17) is 12.2 Å². The van der Waals surface area contributed by atoms with E-state index >= 15 is 0 Å². The van der Waals surface area contributed by atoms with Crippen molar-refractivity contribution in [1.82, 2.24) is 24.8 Å². The summed E-state index contributed by atoms with van der Waals surface area (Å²) in [6.45, 7) is 0.730. The third kappa shape index (κ3) is 3.00. The number of nitrogens with zero attached hydrogens (tertiary/aromatic N) is 4. The lowest BCUT2D eigenvalue weighted by Gasteiger charge is -2.28. The van der Waals surface area contributed by atoms with Crippen LogP contribution in [0.5, 0.6) is 0 Å². The molecule has 0 aliphatic carbocycles. The number of hydrogen-bond acceptors (Lipinski definition) is 3. The number of pyridine rings is 2. The molecule has 1 N–H and O–H groups in total. The molecular formula is C19H19N5S. The van der Waals surface area contributed by atoms with Crippen LogP contribution >= 0.6 is 12.2 Å². The number of nitrogens with one attached hydrogen (secondary N) is 1. The van der Waals surface area contributed by atoms with Gasteiger partial charge in [-0.05, 0) is 54.2 Å². The molecule has 0 amide bonds. The normalized spacial score (nSPS) is 19.9. The summed E-state index contributed by atoms with van der Waals surface area (Å²) in [6, 6.07) is 14.4. The van der Waals surface area contributed by atoms with Crippen LogP contribution in [0.3, 0.4) is 0 Å². The van der Waals surface area contributed by atoms with Gasteiger partial charge in [0.2, 0.25) is 0 Å². The number of rotatable bonds is 4. The molecular weight excluding hydrogens is 330 g/mol. The third-order valence-corrected chi connectivity index (χ3v) is 4.94. The summed E-state index contributed by atoms with van der Waals surface area (Å²) in [5.74, 6) is 0. The van der Waals surface area contributed by atoms with Crippen molar-refractivity contribution in [3.63, 3.8) is 0 Å². The molecule has 3 aromatic rings. The van der Waals surface area contributed by atoms with E-state index in [1.54, 1.807) is 0 Å². The highest BCUT2D eigenvalue weighted by atomic mass is 32.1. The summed E-state index contributed by atoms with van der Waals surface area (Å²) in [5, 5.41) is 4.22. The van der Waals surface area contributed by atoms with Crippen LogP contribution in [-0.2, 0) is 13.6 Å². The van der Waals surface area contributed by atoms with E-state index in [-0.39, 0.29) is 12.1 Å². The Morgan fingerprint density at radius 3 is 2.60 bits per heavy atom. The Morgan fingerprint density at radius 1 is 1.08 bits per heavy atom. The highest BCUT2D eigenvalue weighted by Crippen LogP contribution is 2.39. The second-order valence-electron chi connectivity index (χ2n) is 6.15. The number of thiocarbonyl (C=S) groups is 1. The minimum absolute atomic E-state index is 0.0177. The summed E-state index contributed by atoms with van der Waals surface area (Å²) < 4.78 is 2.15. The van der Waals surface area contributed by atoms with Gasteiger partial charge in [0, 0.05) is 44.1 Å². The van der Waals surface area contributed by atoms with Gasteiger partial charge >= 0.3 is 0 Å². The first-order valence-electron chi connectivity index (χ1n) is 8.22. The molecule has 3 aromatic heterocycles. The smallest absolute Gasteiger partial charge is 0.170 e. The van der Waals surface area contributed by atoms with E-state index in [0.29, 0.717) is 0 Å². The van der Waals surface area contributed by atoms with Crippen molar-refractivity contribution in [2.45, 2.75) is 18.6 Å². The largest absolute Gasteiger partial charge is 0.353 e. The molecule has 0 aromatic carbocycles. The Morgan fingerprint density at radius 2 is 1.92 bits per heavy atom. The lowest BCUT2D eigenvalue weighted by Crippen LogP contribution is -2.29. The number of aromatic nitrogens is 3. The molecule has 0 spiro atoms. The lowest BCUT2D eigenvalue weighted by molar-refractivity contribution is 0.299. The van der Waals surface area contributed by atoms with Crippen LogP contribution in [0.15, 0.2) is 67.3 Å². The maximum Gasteiger partial charge on any atom is 0.170 e. The van der Waals surface area contributed by atoms with Gasteiger partial charge in [0.05, 0.1) is 17.8 Å². The highest BCUT2D eigenvalue weighted by Gasteiger charge is 2.40. The van der Waals surface area contributed by atoms with Crippen molar-refractivity contribution < 1.29 is 0 Å². The van der Waals surface area contributed by atoms with E-state index in [0.717, 1.165) is 17.4 Å². The minimum atomic E-state index is 0.0177. The molecule has 4 rings (SSSR count). The molecule has 25 heavy (non-hydrogen) atoms. The van der Waals surface area contributed by atoms with Crippen molar-refractivity contribution in [3.05, 3.63) is 84.2 Å². The maximum atomic E-state index is 5.67. The third-order valence-electron chi connectivity index (χ3n) is 4.59. The highest BCUT2D eigenvalue weighted by molar-refractivity contribution is 7.80. The molecule has 1 fully saturated rings. The molecule has 1 aliphatic rings. The predicted molar refractivity (Wildman–Crippen MR) is 101 cm³/mol. The maximum absolute atomic E-state index is 5.67. The van der Waals surface area contributed by atoms with Crippen molar-refractivity contribution in [3.8, 4) is 0 Å². The minimum Gasteiger partial charge on any atom is -0.353 e. The van der Waals surface area contributed by atoms with Gasteiger partial charge in [-0.1, -0.05) is 6.07 Å². The first kappa shape index (κ1) is 15.8. The number of hydrogen-bond donors (Lipinski definition) is 1. The van der Waals surface area contributed by atoms with Crippen LogP contribution in [0.4, 0.5) is 0 Å². The van der Waals surface area contributed by atoms with Gasteiger partial charge in [-0.2, -0.15) is 0 Å². The van der Waals surface area contributed by atoms with Gasteiger partial charge in [0.1, 0.15) is 0 Å². The molecule has 5 nitrogen and oxygen atoms in total. The zero-order valence-corrected chi connectivity index (χ0v) is 14.7. The molecule has 0 unspecified atom stereocenters. The van der Waals surface area contributed by atoms with E-state index in [1.165, 1.54) is 11.3 Å². The van der Waals surface area contributed by atoms with Gasteiger partial charge < -0.3 is 14.8 Å². The fourth-order valence-corrected chi connectivity index (χ4v) is 3.67. The van der Waals surface area contributed by atoms with E-state index in [9.17, 15) is 0 Å².